The summed E-state index contributed by atoms with van der Waals surface area (Å²) in [4.78, 5) is 41.9. The van der Waals surface area contributed by atoms with Crippen molar-refractivity contribution < 1.29 is 27.5 Å². The summed E-state index contributed by atoms with van der Waals surface area (Å²) >= 11 is 13.5. The monoisotopic (exact) mass is 587 g/mol. The first-order valence-electron chi connectivity index (χ1n) is 11.1. The van der Waals surface area contributed by atoms with E-state index in [0.29, 0.717) is 41.8 Å². The number of benzene rings is 1. The fourth-order valence-electron chi connectivity index (χ4n) is 3.97. The number of guanidine groups is 1. The summed E-state index contributed by atoms with van der Waals surface area (Å²) in [6.45, 7) is 0.360. The van der Waals surface area contributed by atoms with E-state index in [-0.39, 0.29) is 33.4 Å². The maximum absolute atomic E-state index is 12.9. The van der Waals surface area contributed by atoms with Crippen LogP contribution in [0.4, 0.5) is 24.1 Å². The number of ether oxygens (including phenoxy) is 1. The SMILES string of the molecule is CN1C(=O)c2c(ncn2CC(=O)Nc2nc(-c3cc(Cl)c(OCCC(F)(F)F)c(Cl)c3)cs2)N2CCN=C12. The average Bonchev–Trinajstić information content (AvgIpc) is 3.58. The molecule has 4 heterocycles. The summed E-state index contributed by atoms with van der Waals surface area (Å²) in [5.74, 6) is 0.216. The quantitative estimate of drug-likeness (QED) is 0.435. The Balaban J connectivity index is 1.26. The third kappa shape index (κ3) is 5.15. The van der Waals surface area contributed by atoms with Crippen molar-refractivity contribution in [2.24, 2.45) is 4.99 Å². The number of carbonyl (C=O) groups excluding carboxylic acids is 2. The molecule has 0 atom stereocenters. The molecule has 1 N–H and O–H groups in total. The molecule has 10 nitrogen and oxygen atoms in total. The second-order valence-corrected chi connectivity index (χ2v) is 9.98. The van der Waals surface area contributed by atoms with E-state index in [9.17, 15) is 22.8 Å². The first kappa shape index (κ1) is 26.3. The normalized spacial score (nSPS) is 14.9. The molecule has 0 spiro atoms. The van der Waals surface area contributed by atoms with Gasteiger partial charge >= 0.3 is 6.18 Å². The van der Waals surface area contributed by atoms with Crippen molar-refractivity contribution in [1.82, 2.24) is 19.4 Å². The highest BCUT2D eigenvalue weighted by molar-refractivity contribution is 7.14. The number of fused-ring (bicyclic) bond motifs is 3. The maximum atomic E-state index is 12.9. The van der Waals surface area contributed by atoms with Gasteiger partial charge < -0.3 is 14.6 Å². The summed E-state index contributed by atoms with van der Waals surface area (Å²) in [6.07, 6.45) is -4.07. The molecule has 3 aromatic rings. The molecule has 2 amide bonds. The fraction of sp³-hybridized carbons (Fsp3) is 0.318. The van der Waals surface area contributed by atoms with Crippen LogP contribution in [0.15, 0.2) is 28.8 Å². The number of anilines is 2. The Bertz CT molecular complexity index is 1430. The minimum Gasteiger partial charge on any atom is -0.490 e. The van der Waals surface area contributed by atoms with Gasteiger partial charge in [-0.2, -0.15) is 13.2 Å². The van der Waals surface area contributed by atoms with E-state index in [1.807, 2.05) is 4.90 Å². The first-order chi connectivity index (χ1) is 18.0. The Hall–Kier alpha value is -3.36. The lowest BCUT2D eigenvalue weighted by molar-refractivity contribution is -0.139. The molecule has 0 unspecified atom stereocenters. The predicted octanol–water partition coefficient (Wildman–Crippen LogP) is 4.54. The summed E-state index contributed by atoms with van der Waals surface area (Å²) in [5.41, 5.74) is 1.22. The van der Waals surface area contributed by atoms with Gasteiger partial charge in [0.25, 0.3) is 5.91 Å². The molecule has 38 heavy (non-hydrogen) atoms. The van der Waals surface area contributed by atoms with Crippen LogP contribution in [0.3, 0.4) is 0 Å². The predicted molar refractivity (Wildman–Crippen MR) is 136 cm³/mol. The average molecular weight is 588 g/mol. The van der Waals surface area contributed by atoms with Crippen LogP contribution in [0.2, 0.25) is 10.0 Å². The molecule has 5 rings (SSSR count). The number of rotatable bonds is 7. The molecule has 0 saturated heterocycles. The number of thiazole rings is 1. The van der Waals surface area contributed by atoms with Crippen LogP contribution in [-0.2, 0) is 11.3 Å². The Kier molecular flexibility index (Phi) is 6.96. The van der Waals surface area contributed by atoms with Crippen LogP contribution in [0.1, 0.15) is 16.9 Å². The molecule has 1 aromatic carbocycles. The zero-order valence-corrected chi connectivity index (χ0v) is 21.9. The van der Waals surface area contributed by atoms with Crippen LogP contribution < -0.4 is 15.0 Å². The highest BCUT2D eigenvalue weighted by Gasteiger charge is 2.39. The number of nitrogens with one attached hydrogen (secondary N) is 1. The lowest BCUT2D eigenvalue weighted by Crippen LogP contribution is -2.48. The van der Waals surface area contributed by atoms with Gasteiger partial charge in [0, 0.05) is 24.5 Å². The van der Waals surface area contributed by atoms with Crippen LogP contribution in [-0.4, -0.2) is 70.1 Å². The number of amides is 2. The number of aliphatic imine (C=N–C) groups is 1. The molecular weight excluding hydrogens is 570 g/mol. The number of hydrogen-bond donors (Lipinski definition) is 1. The Morgan fingerprint density at radius 3 is 2.71 bits per heavy atom. The molecule has 0 fully saturated rings. The van der Waals surface area contributed by atoms with Crippen LogP contribution in [0.25, 0.3) is 11.3 Å². The van der Waals surface area contributed by atoms with Gasteiger partial charge in [-0.1, -0.05) is 23.2 Å². The number of hydrogen-bond acceptors (Lipinski definition) is 8. The van der Waals surface area contributed by atoms with Gasteiger partial charge in [-0.05, 0) is 12.1 Å². The van der Waals surface area contributed by atoms with Gasteiger partial charge in [0.05, 0.1) is 41.6 Å². The van der Waals surface area contributed by atoms with E-state index in [1.165, 1.54) is 27.9 Å². The zero-order chi connectivity index (χ0) is 27.2. The molecule has 2 aliphatic heterocycles. The number of halogens is 5. The molecule has 0 radical (unpaired) electrons. The number of nitrogens with zero attached hydrogens (tertiary/aromatic N) is 6. The molecule has 0 saturated carbocycles. The number of carbonyl (C=O) groups is 2. The lowest BCUT2D eigenvalue weighted by atomic mass is 10.1. The van der Waals surface area contributed by atoms with Crippen LogP contribution in [0.5, 0.6) is 5.75 Å². The fourth-order valence-corrected chi connectivity index (χ4v) is 5.30. The topological polar surface area (TPSA) is 105 Å². The van der Waals surface area contributed by atoms with Crippen molar-refractivity contribution in [3.05, 3.63) is 39.6 Å². The van der Waals surface area contributed by atoms with Crippen molar-refractivity contribution in [2.75, 3.05) is 37.0 Å². The van der Waals surface area contributed by atoms with E-state index in [0.717, 1.165) is 11.3 Å². The highest BCUT2D eigenvalue weighted by Crippen LogP contribution is 2.38. The van der Waals surface area contributed by atoms with E-state index < -0.39 is 25.1 Å². The van der Waals surface area contributed by atoms with Gasteiger partial charge in [-0.25, -0.2) is 9.97 Å². The van der Waals surface area contributed by atoms with Crippen molar-refractivity contribution in [1.29, 1.82) is 0 Å². The van der Waals surface area contributed by atoms with Crippen LogP contribution in [0, 0.1) is 0 Å². The summed E-state index contributed by atoms with van der Waals surface area (Å²) in [6, 6.07) is 2.93. The second kappa shape index (κ2) is 10.1. The largest absolute Gasteiger partial charge is 0.490 e. The zero-order valence-electron chi connectivity index (χ0n) is 19.6. The van der Waals surface area contributed by atoms with Crippen molar-refractivity contribution in [3.8, 4) is 17.0 Å². The molecule has 2 aliphatic rings. The minimum atomic E-state index is -4.37. The van der Waals surface area contributed by atoms with Gasteiger partial charge in [0.1, 0.15) is 6.54 Å². The summed E-state index contributed by atoms with van der Waals surface area (Å²) in [5, 5.41) is 4.69. The van der Waals surface area contributed by atoms with E-state index in [2.05, 4.69) is 20.3 Å². The van der Waals surface area contributed by atoms with Crippen molar-refractivity contribution >= 4 is 63.3 Å². The van der Waals surface area contributed by atoms with Crippen molar-refractivity contribution in [3.63, 3.8) is 0 Å². The van der Waals surface area contributed by atoms with Gasteiger partial charge in [-0.15, -0.1) is 11.3 Å². The third-order valence-electron chi connectivity index (χ3n) is 5.69. The van der Waals surface area contributed by atoms with E-state index >= 15 is 0 Å². The Morgan fingerprint density at radius 2 is 2.00 bits per heavy atom. The number of aromatic nitrogens is 3. The lowest BCUT2D eigenvalue weighted by Gasteiger charge is -2.30. The maximum Gasteiger partial charge on any atom is 0.392 e. The molecule has 0 bridgehead atoms. The molecule has 200 valence electrons. The molecule has 2 aromatic heterocycles. The van der Waals surface area contributed by atoms with Gasteiger partial charge in [0.2, 0.25) is 11.9 Å². The molecule has 16 heteroatoms. The van der Waals surface area contributed by atoms with E-state index in [4.69, 9.17) is 27.9 Å². The van der Waals surface area contributed by atoms with Gasteiger partial charge in [0.15, 0.2) is 22.4 Å². The van der Waals surface area contributed by atoms with E-state index in [1.54, 1.807) is 12.4 Å². The highest BCUT2D eigenvalue weighted by atomic mass is 35.5. The Morgan fingerprint density at radius 1 is 1.26 bits per heavy atom. The summed E-state index contributed by atoms with van der Waals surface area (Å²) < 4.78 is 43.8. The minimum absolute atomic E-state index is 0.0268. The summed E-state index contributed by atoms with van der Waals surface area (Å²) in [7, 11) is 1.62. The third-order valence-corrected chi connectivity index (χ3v) is 7.01. The molecule has 0 aliphatic carbocycles. The smallest absolute Gasteiger partial charge is 0.392 e. The van der Waals surface area contributed by atoms with Gasteiger partial charge in [-0.3, -0.25) is 24.4 Å². The van der Waals surface area contributed by atoms with Crippen LogP contribution >= 0.6 is 34.5 Å². The first-order valence-corrected chi connectivity index (χ1v) is 12.7. The van der Waals surface area contributed by atoms with Crippen molar-refractivity contribution in [2.45, 2.75) is 19.1 Å². The Labute approximate surface area is 227 Å². The number of imidazole rings is 1. The number of alkyl halides is 3. The second-order valence-electron chi connectivity index (χ2n) is 8.31. The standard InChI is InChI=1S/C22H18Cl2F3N7O3S/c1-32-19(36)16-18(34-4-3-28-21(32)34)29-10-33(16)8-15(35)31-20-30-14(9-38-20)11-6-12(23)17(13(24)7-11)37-5-2-22(25,26)27/h6-7,9-10H,2-5,8H2,1H3,(H,30,31,35). The molecular formula is C22H18Cl2F3N7O3S.